The maximum Gasteiger partial charge on any atom is 0.119 e. The molecule has 4 heteroatoms. The summed E-state index contributed by atoms with van der Waals surface area (Å²) in [6.45, 7) is 1.71. The second-order valence-corrected chi connectivity index (χ2v) is 5.02. The predicted octanol–water partition coefficient (Wildman–Crippen LogP) is 3.29. The highest BCUT2D eigenvalue weighted by atomic mass is 32.2. The van der Waals surface area contributed by atoms with Crippen molar-refractivity contribution in [2.45, 2.75) is 22.8 Å². The van der Waals surface area contributed by atoms with E-state index in [4.69, 9.17) is 4.74 Å². The molecule has 18 heavy (non-hydrogen) atoms. The van der Waals surface area contributed by atoms with Crippen molar-refractivity contribution in [1.29, 1.82) is 0 Å². The smallest absolute Gasteiger partial charge is 0.119 e. The average Bonchev–Trinajstić information content (AvgIpc) is 2.39. The third-order valence-electron chi connectivity index (χ3n) is 2.46. The summed E-state index contributed by atoms with van der Waals surface area (Å²) in [7, 11) is 1.66. The minimum absolute atomic E-state index is 0.527. The van der Waals surface area contributed by atoms with Crippen LogP contribution in [0.2, 0.25) is 0 Å². The van der Waals surface area contributed by atoms with Crippen LogP contribution in [0.25, 0.3) is 0 Å². The Morgan fingerprint density at radius 2 is 2.06 bits per heavy atom. The normalized spacial score (nSPS) is 12.2. The largest absolute Gasteiger partial charge is 0.497 e. The van der Waals surface area contributed by atoms with Crippen LogP contribution in [0.1, 0.15) is 18.7 Å². The second-order valence-electron chi connectivity index (χ2n) is 3.88. The molecule has 2 aromatic rings. The number of methoxy groups -OCH3 is 1. The van der Waals surface area contributed by atoms with Gasteiger partial charge in [-0.15, -0.1) is 0 Å². The van der Waals surface area contributed by atoms with Crippen molar-refractivity contribution in [2.24, 2.45) is 0 Å². The van der Waals surface area contributed by atoms with E-state index < -0.39 is 6.10 Å². The molecule has 1 atom stereocenters. The van der Waals surface area contributed by atoms with Crippen LogP contribution in [0.15, 0.2) is 52.4 Å². The van der Waals surface area contributed by atoms with Crippen molar-refractivity contribution >= 4 is 11.8 Å². The van der Waals surface area contributed by atoms with Gasteiger partial charge in [-0.3, -0.25) is 4.98 Å². The molecule has 94 valence electrons. The summed E-state index contributed by atoms with van der Waals surface area (Å²) in [6, 6.07) is 11.7. The van der Waals surface area contributed by atoms with Crippen molar-refractivity contribution in [3.63, 3.8) is 0 Å². The van der Waals surface area contributed by atoms with Crippen molar-refractivity contribution < 1.29 is 9.84 Å². The Morgan fingerprint density at radius 3 is 2.67 bits per heavy atom. The van der Waals surface area contributed by atoms with Crippen LogP contribution >= 0.6 is 11.8 Å². The molecule has 1 heterocycles. The van der Waals surface area contributed by atoms with E-state index in [0.29, 0.717) is 5.69 Å². The Balaban J connectivity index is 2.13. The first-order valence-corrected chi connectivity index (χ1v) is 6.46. The summed E-state index contributed by atoms with van der Waals surface area (Å²) >= 11 is 1.61. The third-order valence-corrected chi connectivity index (χ3v) is 3.43. The van der Waals surface area contributed by atoms with Crippen LogP contribution in [0, 0.1) is 0 Å². The van der Waals surface area contributed by atoms with Gasteiger partial charge in [-0.1, -0.05) is 17.8 Å². The zero-order valence-corrected chi connectivity index (χ0v) is 11.1. The molecule has 0 aliphatic rings. The van der Waals surface area contributed by atoms with E-state index in [-0.39, 0.29) is 0 Å². The van der Waals surface area contributed by atoms with Gasteiger partial charge in [-0.25, -0.2) is 0 Å². The molecule has 0 aliphatic heterocycles. The number of benzene rings is 1. The highest BCUT2D eigenvalue weighted by molar-refractivity contribution is 7.99. The predicted molar refractivity (Wildman–Crippen MR) is 72.0 cm³/mol. The highest BCUT2D eigenvalue weighted by Gasteiger charge is 2.03. The summed E-state index contributed by atoms with van der Waals surface area (Å²) in [5, 5.41) is 9.39. The third kappa shape index (κ3) is 3.24. The first-order valence-electron chi connectivity index (χ1n) is 5.65. The molecule has 0 saturated heterocycles. The summed E-state index contributed by atoms with van der Waals surface area (Å²) in [6.07, 6.45) is 1.24. The van der Waals surface area contributed by atoms with E-state index in [1.165, 1.54) is 0 Å². The van der Waals surface area contributed by atoms with Gasteiger partial charge in [0.05, 0.1) is 18.9 Å². The summed E-state index contributed by atoms with van der Waals surface area (Å²) in [5.74, 6) is 0.841. The molecular weight excluding hydrogens is 246 g/mol. The van der Waals surface area contributed by atoms with Gasteiger partial charge < -0.3 is 9.84 Å². The molecule has 0 bridgehead atoms. The summed E-state index contributed by atoms with van der Waals surface area (Å²) in [4.78, 5) is 6.35. The SMILES string of the molecule is COc1cccc(Sc2ccc([C@@H](C)O)nc2)c1. The Morgan fingerprint density at radius 1 is 1.22 bits per heavy atom. The lowest BCUT2D eigenvalue weighted by atomic mass is 10.2. The quantitative estimate of drug-likeness (QED) is 0.917. The molecule has 1 aromatic carbocycles. The Labute approximate surface area is 111 Å². The van der Waals surface area contributed by atoms with E-state index in [2.05, 4.69) is 4.98 Å². The minimum Gasteiger partial charge on any atom is -0.497 e. The number of pyridine rings is 1. The molecule has 1 N–H and O–H groups in total. The van der Waals surface area contributed by atoms with E-state index in [9.17, 15) is 5.11 Å². The monoisotopic (exact) mass is 261 g/mol. The number of aliphatic hydroxyl groups is 1. The molecule has 0 radical (unpaired) electrons. The van der Waals surface area contributed by atoms with Crippen molar-refractivity contribution in [3.05, 3.63) is 48.3 Å². The molecule has 0 fully saturated rings. The maximum absolute atomic E-state index is 9.39. The van der Waals surface area contributed by atoms with Gasteiger partial charge in [0.1, 0.15) is 5.75 Å². The molecule has 0 amide bonds. The van der Waals surface area contributed by atoms with Crippen molar-refractivity contribution in [1.82, 2.24) is 4.98 Å². The summed E-state index contributed by atoms with van der Waals surface area (Å²) < 4.78 is 5.18. The van der Waals surface area contributed by atoms with Gasteiger partial charge in [0.2, 0.25) is 0 Å². The first kappa shape index (κ1) is 12.9. The average molecular weight is 261 g/mol. The number of aromatic nitrogens is 1. The number of nitrogens with zero attached hydrogens (tertiary/aromatic N) is 1. The minimum atomic E-state index is -0.527. The topological polar surface area (TPSA) is 42.4 Å². The number of rotatable bonds is 4. The number of aliphatic hydroxyl groups excluding tert-OH is 1. The fraction of sp³-hybridized carbons (Fsp3) is 0.214. The van der Waals surface area contributed by atoms with Gasteiger partial charge in [0, 0.05) is 16.0 Å². The maximum atomic E-state index is 9.39. The van der Waals surface area contributed by atoms with Crippen LogP contribution in [0.3, 0.4) is 0 Å². The molecule has 0 saturated carbocycles. The molecule has 3 nitrogen and oxygen atoms in total. The molecule has 2 rings (SSSR count). The molecule has 0 unspecified atom stereocenters. The van der Waals surface area contributed by atoms with Crippen LogP contribution in [0.5, 0.6) is 5.75 Å². The van der Waals surface area contributed by atoms with Gasteiger partial charge in [0.25, 0.3) is 0 Å². The van der Waals surface area contributed by atoms with E-state index in [0.717, 1.165) is 15.5 Å². The Hall–Kier alpha value is -1.52. The van der Waals surface area contributed by atoms with Crippen molar-refractivity contribution in [3.8, 4) is 5.75 Å². The van der Waals surface area contributed by atoms with Crippen LogP contribution < -0.4 is 4.74 Å². The fourth-order valence-electron chi connectivity index (χ4n) is 1.50. The van der Waals surface area contributed by atoms with Crippen LogP contribution in [0.4, 0.5) is 0 Å². The van der Waals surface area contributed by atoms with E-state index >= 15 is 0 Å². The summed E-state index contributed by atoms with van der Waals surface area (Å²) in [5.41, 5.74) is 0.685. The second kappa shape index (κ2) is 5.89. The van der Waals surface area contributed by atoms with Crippen LogP contribution in [-0.2, 0) is 0 Å². The lowest BCUT2D eigenvalue weighted by Gasteiger charge is -2.06. The first-order chi connectivity index (χ1) is 8.69. The zero-order valence-electron chi connectivity index (χ0n) is 10.3. The van der Waals surface area contributed by atoms with Crippen LogP contribution in [-0.4, -0.2) is 17.2 Å². The number of ether oxygens (including phenoxy) is 1. The highest BCUT2D eigenvalue weighted by Crippen LogP contribution is 2.29. The molecule has 0 aliphatic carbocycles. The lowest BCUT2D eigenvalue weighted by Crippen LogP contribution is -1.94. The van der Waals surface area contributed by atoms with Gasteiger partial charge >= 0.3 is 0 Å². The molecule has 1 aromatic heterocycles. The zero-order chi connectivity index (χ0) is 13.0. The number of hydrogen-bond acceptors (Lipinski definition) is 4. The van der Waals surface area contributed by atoms with E-state index in [1.807, 2.05) is 36.4 Å². The van der Waals surface area contributed by atoms with E-state index in [1.54, 1.807) is 32.0 Å². The molecule has 0 spiro atoms. The number of hydrogen-bond donors (Lipinski definition) is 1. The van der Waals surface area contributed by atoms with Crippen molar-refractivity contribution in [2.75, 3.05) is 7.11 Å². The standard InChI is InChI=1S/C14H15NO2S/c1-10(16)14-7-6-13(9-15-14)18-12-5-3-4-11(8-12)17-2/h3-10,16H,1-2H3/t10-/m1/s1. The Kier molecular flexibility index (Phi) is 4.23. The van der Waals surface area contributed by atoms with Gasteiger partial charge in [0.15, 0.2) is 0 Å². The molecular formula is C14H15NO2S. The fourth-order valence-corrected chi connectivity index (χ4v) is 2.34. The van der Waals surface area contributed by atoms with Gasteiger partial charge in [-0.2, -0.15) is 0 Å². The van der Waals surface area contributed by atoms with Gasteiger partial charge in [-0.05, 0) is 37.3 Å². The Bertz CT molecular complexity index is 511. The lowest BCUT2D eigenvalue weighted by molar-refractivity contribution is 0.194.